The lowest BCUT2D eigenvalue weighted by Gasteiger charge is -2.15. The number of carbonyl (C=O) groups excluding carboxylic acids is 2. The van der Waals surface area contributed by atoms with Crippen LogP contribution in [0.15, 0.2) is 46.9 Å². The summed E-state index contributed by atoms with van der Waals surface area (Å²) in [5.41, 5.74) is 2.17. The highest BCUT2D eigenvalue weighted by Gasteiger charge is 2.16. The number of carbonyl (C=O) groups is 2. The van der Waals surface area contributed by atoms with Crippen molar-refractivity contribution in [1.29, 1.82) is 0 Å². The van der Waals surface area contributed by atoms with E-state index in [1.807, 2.05) is 44.2 Å². The van der Waals surface area contributed by atoms with Crippen LogP contribution in [0.3, 0.4) is 0 Å². The summed E-state index contributed by atoms with van der Waals surface area (Å²) in [7, 11) is 1.48. The molecule has 0 spiro atoms. The normalized spacial score (nSPS) is 11.5. The molecule has 5 nitrogen and oxygen atoms in total. The third kappa shape index (κ3) is 5.32. The Bertz CT molecular complexity index is 759. The summed E-state index contributed by atoms with van der Waals surface area (Å²) in [6.07, 6.45) is 0. The molecule has 0 bridgehead atoms. The Morgan fingerprint density at radius 1 is 1.16 bits per heavy atom. The molecule has 0 aliphatic rings. The Morgan fingerprint density at radius 3 is 2.48 bits per heavy atom. The fourth-order valence-corrected chi connectivity index (χ4v) is 2.57. The van der Waals surface area contributed by atoms with Crippen LogP contribution in [-0.4, -0.2) is 25.6 Å². The van der Waals surface area contributed by atoms with Gasteiger partial charge in [-0.15, -0.1) is 0 Å². The van der Waals surface area contributed by atoms with E-state index in [1.54, 1.807) is 12.1 Å². The van der Waals surface area contributed by atoms with Crippen LogP contribution in [0.4, 0.5) is 0 Å². The predicted octanol–water partition coefficient (Wildman–Crippen LogP) is 3.80. The molecule has 0 aliphatic heterocycles. The second kappa shape index (κ2) is 8.67. The van der Waals surface area contributed by atoms with Crippen molar-refractivity contribution in [3.05, 3.63) is 63.6 Å². The maximum Gasteiger partial charge on any atom is 0.342 e. The monoisotopic (exact) mass is 405 g/mol. The van der Waals surface area contributed by atoms with Gasteiger partial charge in [0.15, 0.2) is 6.61 Å². The van der Waals surface area contributed by atoms with Gasteiger partial charge in [-0.2, -0.15) is 0 Å². The average Bonchev–Trinajstić information content (AvgIpc) is 2.60. The number of esters is 1. The third-order valence-electron chi connectivity index (χ3n) is 3.66. The standard InChI is InChI=1S/C19H20BrNO4/c1-12-4-9-17(24-3)16(10-12)19(23)25-11-18(22)21-13(2)14-5-7-15(20)8-6-14/h4-10,13H,11H2,1-3H3,(H,21,22)/t13-/m1/s1. The maximum atomic E-state index is 12.2. The molecule has 6 heteroatoms. The van der Waals surface area contributed by atoms with Crippen molar-refractivity contribution in [3.63, 3.8) is 0 Å². The number of hydrogen-bond donors (Lipinski definition) is 1. The molecule has 0 fully saturated rings. The molecule has 1 atom stereocenters. The van der Waals surface area contributed by atoms with Crippen molar-refractivity contribution < 1.29 is 19.1 Å². The molecule has 0 heterocycles. The van der Waals surface area contributed by atoms with Crippen LogP contribution in [0.2, 0.25) is 0 Å². The highest BCUT2D eigenvalue weighted by atomic mass is 79.9. The molecule has 1 N–H and O–H groups in total. The summed E-state index contributed by atoms with van der Waals surface area (Å²) in [5, 5.41) is 2.80. The van der Waals surface area contributed by atoms with E-state index in [1.165, 1.54) is 7.11 Å². The fraction of sp³-hybridized carbons (Fsp3) is 0.263. The fourth-order valence-electron chi connectivity index (χ4n) is 2.31. The van der Waals surface area contributed by atoms with Crippen molar-refractivity contribution in [1.82, 2.24) is 5.32 Å². The Morgan fingerprint density at radius 2 is 1.84 bits per heavy atom. The molecule has 0 unspecified atom stereocenters. The zero-order valence-corrected chi connectivity index (χ0v) is 15.9. The van der Waals surface area contributed by atoms with Crippen molar-refractivity contribution in [2.45, 2.75) is 19.9 Å². The van der Waals surface area contributed by atoms with Gasteiger partial charge < -0.3 is 14.8 Å². The van der Waals surface area contributed by atoms with Gasteiger partial charge >= 0.3 is 5.97 Å². The first-order chi connectivity index (χ1) is 11.9. The molecule has 2 aromatic rings. The number of nitrogens with one attached hydrogen (secondary N) is 1. The first-order valence-corrected chi connectivity index (χ1v) is 8.56. The highest BCUT2D eigenvalue weighted by molar-refractivity contribution is 9.10. The van der Waals surface area contributed by atoms with Crippen LogP contribution >= 0.6 is 15.9 Å². The first-order valence-electron chi connectivity index (χ1n) is 7.77. The molecule has 0 radical (unpaired) electrons. The maximum absolute atomic E-state index is 12.2. The molecule has 2 rings (SSSR count). The molecule has 1 amide bonds. The molecular weight excluding hydrogens is 386 g/mol. The van der Waals surface area contributed by atoms with Crippen molar-refractivity contribution in [3.8, 4) is 5.75 Å². The van der Waals surface area contributed by atoms with E-state index < -0.39 is 5.97 Å². The Balaban J connectivity index is 1.92. The Kier molecular flexibility index (Phi) is 6.58. The number of amides is 1. The summed E-state index contributed by atoms with van der Waals surface area (Å²) in [6.45, 7) is 3.38. The van der Waals surface area contributed by atoms with Gasteiger partial charge in [-0.1, -0.05) is 39.7 Å². The summed E-state index contributed by atoms with van der Waals surface area (Å²) in [4.78, 5) is 24.2. The van der Waals surface area contributed by atoms with E-state index in [0.717, 1.165) is 15.6 Å². The largest absolute Gasteiger partial charge is 0.496 e. The second-order valence-electron chi connectivity index (χ2n) is 5.62. The summed E-state index contributed by atoms with van der Waals surface area (Å²) >= 11 is 3.37. The summed E-state index contributed by atoms with van der Waals surface area (Å²) in [6, 6.07) is 12.7. The molecular formula is C19H20BrNO4. The lowest BCUT2D eigenvalue weighted by atomic mass is 10.1. The number of methoxy groups -OCH3 is 1. The number of halogens is 1. The van der Waals surface area contributed by atoms with Crippen LogP contribution < -0.4 is 10.1 Å². The molecule has 0 aromatic heterocycles. The predicted molar refractivity (Wildman–Crippen MR) is 98.7 cm³/mol. The van der Waals surface area contributed by atoms with E-state index >= 15 is 0 Å². The van der Waals surface area contributed by atoms with E-state index in [-0.39, 0.29) is 18.6 Å². The third-order valence-corrected chi connectivity index (χ3v) is 4.19. The van der Waals surface area contributed by atoms with E-state index in [0.29, 0.717) is 11.3 Å². The minimum atomic E-state index is -0.591. The molecule has 2 aromatic carbocycles. The number of benzene rings is 2. The van der Waals surface area contributed by atoms with Crippen LogP contribution in [0.25, 0.3) is 0 Å². The van der Waals surface area contributed by atoms with Gasteiger partial charge in [-0.3, -0.25) is 4.79 Å². The number of ether oxygens (including phenoxy) is 2. The summed E-state index contributed by atoms with van der Waals surface area (Å²) in [5.74, 6) is -0.540. The smallest absolute Gasteiger partial charge is 0.342 e. The number of hydrogen-bond acceptors (Lipinski definition) is 4. The minimum absolute atomic E-state index is 0.187. The van der Waals surface area contributed by atoms with Gasteiger partial charge in [0.1, 0.15) is 11.3 Å². The van der Waals surface area contributed by atoms with Gasteiger partial charge in [0.05, 0.1) is 13.2 Å². The van der Waals surface area contributed by atoms with Crippen LogP contribution in [0.1, 0.15) is 34.5 Å². The van der Waals surface area contributed by atoms with Crippen molar-refractivity contribution in [2.24, 2.45) is 0 Å². The molecule has 0 saturated carbocycles. The highest BCUT2D eigenvalue weighted by Crippen LogP contribution is 2.20. The van der Waals surface area contributed by atoms with Crippen LogP contribution in [0.5, 0.6) is 5.75 Å². The summed E-state index contributed by atoms with van der Waals surface area (Å²) < 4.78 is 11.2. The lowest BCUT2D eigenvalue weighted by Crippen LogP contribution is -2.31. The molecule has 0 saturated heterocycles. The quantitative estimate of drug-likeness (QED) is 0.742. The van der Waals surface area contributed by atoms with E-state index in [2.05, 4.69) is 21.2 Å². The van der Waals surface area contributed by atoms with Gasteiger partial charge in [-0.25, -0.2) is 4.79 Å². The second-order valence-corrected chi connectivity index (χ2v) is 6.54. The lowest BCUT2D eigenvalue weighted by molar-refractivity contribution is -0.124. The number of aryl methyl sites for hydroxylation is 1. The van der Waals surface area contributed by atoms with Gasteiger partial charge in [-0.05, 0) is 43.7 Å². The van der Waals surface area contributed by atoms with E-state index in [9.17, 15) is 9.59 Å². The van der Waals surface area contributed by atoms with E-state index in [4.69, 9.17) is 9.47 Å². The number of rotatable bonds is 6. The minimum Gasteiger partial charge on any atom is -0.496 e. The Hall–Kier alpha value is -2.34. The Labute approximate surface area is 155 Å². The van der Waals surface area contributed by atoms with Crippen molar-refractivity contribution >= 4 is 27.8 Å². The zero-order valence-electron chi connectivity index (χ0n) is 14.3. The van der Waals surface area contributed by atoms with Gasteiger partial charge in [0, 0.05) is 4.47 Å². The van der Waals surface area contributed by atoms with Crippen LogP contribution in [0, 0.1) is 6.92 Å². The average molecular weight is 406 g/mol. The molecule has 0 aliphatic carbocycles. The SMILES string of the molecule is COc1ccc(C)cc1C(=O)OCC(=O)N[C@H](C)c1ccc(Br)cc1. The topological polar surface area (TPSA) is 64.6 Å². The molecule has 132 valence electrons. The molecule has 25 heavy (non-hydrogen) atoms. The van der Waals surface area contributed by atoms with Gasteiger partial charge in [0.25, 0.3) is 5.91 Å². The van der Waals surface area contributed by atoms with Gasteiger partial charge in [0.2, 0.25) is 0 Å². The zero-order chi connectivity index (χ0) is 18.4. The van der Waals surface area contributed by atoms with Crippen molar-refractivity contribution in [2.75, 3.05) is 13.7 Å². The first kappa shape index (κ1) is 19.0. The van der Waals surface area contributed by atoms with Crippen LogP contribution in [-0.2, 0) is 9.53 Å².